The maximum Gasteiger partial charge on any atom is 0.311 e. The van der Waals surface area contributed by atoms with Gasteiger partial charge in [-0.15, -0.1) is 0 Å². The summed E-state index contributed by atoms with van der Waals surface area (Å²) in [6, 6.07) is 5.69. The second kappa shape index (κ2) is 4.23. The lowest BCUT2D eigenvalue weighted by Gasteiger charge is -2.14. The zero-order chi connectivity index (χ0) is 10.8. The van der Waals surface area contributed by atoms with Crippen LogP contribution in [0.3, 0.4) is 0 Å². The summed E-state index contributed by atoms with van der Waals surface area (Å²) < 4.78 is 0.938. The van der Waals surface area contributed by atoms with Crippen LogP contribution < -0.4 is 5.32 Å². The van der Waals surface area contributed by atoms with Crippen molar-refractivity contribution in [2.45, 2.75) is 18.8 Å². The highest BCUT2D eigenvalue weighted by atomic mass is 79.9. The highest BCUT2D eigenvalue weighted by Gasteiger charge is 2.25. The molecule has 2 N–H and O–H groups in total. The fourth-order valence-corrected chi connectivity index (χ4v) is 2.47. The number of carbonyl (C=O) groups is 1. The van der Waals surface area contributed by atoms with E-state index in [2.05, 4.69) is 21.2 Å². The molecule has 0 saturated carbocycles. The minimum absolute atomic E-state index is 0.382. The summed E-state index contributed by atoms with van der Waals surface area (Å²) in [5.74, 6) is -1.12. The average molecular weight is 270 g/mol. The molecule has 4 heteroatoms. The fourth-order valence-electron chi connectivity index (χ4n) is 1.95. The van der Waals surface area contributed by atoms with E-state index >= 15 is 0 Å². The molecule has 0 bridgehead atoms. The number of halogens is 1. The van der Waals surface area contributed by atoms with Crippen molar-refractivity contribution in [1.29, 1.82) is 0 Å². The number of nitrogens with one attached hydrogen (secondary N) is 1. The first-order valence-electron chi connectivity index (χ1n) is 4.95. The summed E-state index contributed by atoms with van der Waals surface area (Å²) in [4.78, 5) is 11.1. The number of anilines is 1. The molecule has 0 saturated heterocycles. The highest BCUT2D eigenvalue weighted by Crippen LogP contribution is 2.36. The van der Waals surface area contributed by atoms with Crippen LogP contribution in [0, 0.1) is 0 Å². The molecule has 2 rings (SSSR count). The van der Waals surface area contributed by atoms with Crippen molar-refractivity contribution in [3.8, 4) is 0 Å². The van der Waals surface area contributed by atoms with Crippen LogP contribution in [0.25, 0.3) is 0 Å². The lowest BCUT2D eigenvalue weighted by atomic mass is 9.94. The molecule has 0 radical (unpaired) electrons. The van der Waals surface area contributed by atoms with E-state index in [1.54, 1.807) is 0 Å². The first kappa shape index (κ1) is 10.5. The van der Waals surface area contributed by atoms with Gasteiger partial charge in [0.1, 0.15) is 0 Å². The van der Waals surface area contributed by atoms with E-state index in [1.165, 1.54) is 0 Å². The number of para-hydroxylation sites is 1. The molecule has 1 atom stereocenters. The van der Waals surface area contributed by atoms with Crippen LogP contribution >= 0.6 is 15.9 Å². The van der Waals surface area contributed by atoms with Gasteiger partial charge in [-0.05, 0) is 40.4 Å². The van der Waals surface area contributed by atoms with Gasteiger partial charge in [0.15, 0.2) is 0 Å². The number of carboxylic acids is 1. The zero-order valence-electron chi connectivity index (χ0n) is 8.16. The van der Waals surface area contributed by atoms with E-state index in [-0.39, 0.29) is 5.92 Å². The largest absolute Gasteiger partial charge is 0.481 e. The van der Waals surface area contributed by atoms with Crippen molar-refractivity contribution in [3.63, 3.8) is 0 Å². The Morgan fingerprint density at radius 2 is 2.33 bits per heavy atom. The van der Waals surface area contributed by atoms with E-state index < -0.39 is 5.97 Å². The van der Waals surface area contributed by atoms with Crippen LogP contribution in [0.5, 0.6) is 0 Å². The molecular weight excluding hydrogens is 258 g/mol. The fraction of sp³-hybridized carbons (Fsp3) is 0.364. The lowest BCUT2D eigenvalue weighted by molar-refractivity contribution is -0.138. The first-order chi connectivity index (χ1) is 7.20. The minimum Gasteiger partial charge on any atom is -0.481 e. The van der Waals surface area contributed by atoms with Gasteiger partial charge in [-0.2, -0.15) is 0 Å². The molecule has 1 aromatic carbocycles. The molecule has 80 valence electrons. The summed E-state index contributed by atoms with van der Waals surface area (Å²) in [6.45, 7) is 0.833. The molecule has 1 aliphatic heterocycles. The van der Waals surface area contributed by atoms with Gasteiger partial charge in [0, 0.05) is 11.0 Å². The summed E-state index contributed by atoms with van der Waals surface area (Å²) in [5, 5.41) is 12.4. The first-order valence-corrected chi connectivity index (χ1v) is 5.74. The van der Waals surface area contributed by atoms with E-state index in [1.807, 2.05) is 18.2 Å². The second-order valence-electron chi connectivity index (χ2n) is 3.66. The van der Waals surface area contributed by atoms with Gasteiger partial charge in [0.2, 0.25) is 0 Å². The van der Waals surface area contributed by atoms with E-state index in [4.69, 9.17) is 5.11 Å². The summed E-state index contributed by atoms with van der Waals surface area (Å²) in [7, 11) is 0. The van der Waals surface area contributed by atoms with E-state index in [0.29, 0.717) is 6.42 Å². The van der Waals surface area contributed by atoms with Crippen LogP contribution in [0.15, 0.2) is 22.7 Å². The van der Waals surface area contributed by atoms with Crippen molar-refractivity contribution in [2.75, 3.05) is 11.9 Å². The standard InChI is InChI=1S/C11H12BrNO2/c12-9-5-1-3-7-8(11(14)15)4-2-6-13-10(7)9/h1,3,5,8,13H,2,4,6H2,(H,14,15). The predicted molar refractivity (Wildman–Crippen MR) is 62.2 cm³/mol. The number of carboxylic acid groups (broad SMARTS) is 1. The third-order valence-electron chi connectivity index (χ3n) is 2.69. The summed E-state index contributed by atoms with van der Waals surface area (Å²) in [6.07, 6.45) is 1.59. The molecule has 0 amide bonds. The van der Waals surface area contributed by atoms with Gasteiger partial charge < -0.3 is 10.4 Å². The number of rotatable bonds is 1. The molecule has 1 heterocycles. The Kier molecular flexibility index (Phi) is 2.95. The van der Waals surface area contributed by atoms with Gasteiger partial charge in [0.05, 0.1) is 11.6 Å². The van der Waals surface area contributed by atoms with Crippen molar-refractivity contribution in [1.82, 2.24) is 0 Å². The van der Waals surface area contributed by atoms with E-state index in [9.17, 15) is 4.79 Å². The number of aliphatic carboxylic acids is 1. The maximum absolute atomic E-state index is 11.1. The Morgan fingerprint density at radius 1 is 1.53 bits per heavy atom. The molecule has 1 aliphatic rings. The maximum atomic E-state index is 11.1. The molecule has 0 fully saturated rings. The van der Waals surface area contributed by atoms with Gasteiger partial charge in [-0.25, -0.2) is 0 Å². The normalized spacial score (nSPS) is 19.9. The van der Waals surface area contributed by atoms with Gasteiger partial charge in [-0.1, -0.05) is 12.1 Å². The van der Waals surface area contributed by atoms with Crippen LogP contribution in [0.2, 0.25) is 0 Å². The van der Waals surface area contributed by atoms with Crippen LogP contribution in [0.1, 0.15) is 24.3 Å². The summed E-state index contributed by atoms with van der Waals surface area (Å²) >= 11 is 3.44. The van der Waals surface area contributed by atoms with Crippen LogP contribution in [-0.2, 0) is 4.79 Å². The molecule has 0 aliphatic carbocycles. The molecular formula is C11H12BrNO2. The summed E-state index contributed by atoms with van der Waals surface area (Å²) in [5.41, 5.74) is 1.82. The average Bonchev–Trinajstić information content (AvgIpc) is 2.40. The van der Waals surface area contributed by atoms with Crippen molar-refractivity contribution >= 4 is 27.6 Å². The lowest BCUT2D eigenvalue weighted by Crippen LogP contribution is -2.11. The topological polar surface area (TPSA) is 49.3 Å². The van der Waals surface area contributed by atoms with Gasteiger partial charge in [-0.3, -0.25) is 4.79 Å². The van der Waals surface area contributed by atoms with Crippen molar-refractivity contribution in [2.24, 2.45) is 0 Å². The molecule has 3 nitrogen and oxygen atoms in total. The third-order valence-corrected chi connectivity index (χ3v) is 3.35. The number of hydrogen-bond acceptors (Lipinski definition) is 2. The monoisotopic (exact) mass is 269 g/mol. The van der Waals surface area contributed by atoms with Crippen LogP contribution in [0.4, 0.5) is 5.69 Å². The van der Waals surface area contributed by atoms with Crippen molar-refractivity contribution < 1.29 is 9.90 Å². The zero-order valence-corrected chi connectivity index (χ0v) is 9.75. The second-order valence-corrected chi connectivity index (χ2v) is 4.52. The predicted octanol–water partition coefficient (Wildman–Crippen LogP) is 2.82. The Labute approximate surface area is 96.6 Å². The van der Waals surface area contributed by atoms with Gasteiger partial charge >= 0.3 is 5.97 Å². The Balaban J connectivity index is 2.49. The molecule has 0 spiro atoms. The van der Waals surface area contributed by atoms with E-state index in [0.717, 1.165) is 28.7 Å². The van der Waals surface area contributed by atoms with Crippen LogP contribution in [-0.4, -0.2) is 17.6 Å². The smallest absolute Gasteiger partial charge is 0.311 e. The number of fused-ring (bicyclic) bond motifs is 1. The Morgan fingerprint density at radius 3 is 3.07 bits per heavy atom. The molecule has 0 aromatic heterocycles. The number of hydrogen-bond donors (Lipinski definition) is 2. The Hall–Kier alpha value is -1.03. The van der Waals surface area contributed by atoms with Crippen molar-refractivity contribution in [3.05, 3.63) is 28.2 Å². The highest BCUT2D eigenvalue weighted by molar-refractivity contribution is 9.10. The number of benzene rings is 1. The van der Waals surface area contributed by atoms with Gasteiger partial charge in [0.25, 0.3) is 0 Å². The molecule has 1 unspecified atom stereocenters. The SMILES string of the molecule is O=C(O)C1CCCNc2c(Br)cccc21. The molecule has 1 aromatic rings. The quantitative estimate of drug-likeness (QED) is 0.825. The third kappa shape index (κ3) is 2.00. The molecule has 15 heavy (non-hydrogen) atoms. The Bertz CT molecular complexity index is 392. The minimum atomic E-state index is -0.738.